The maximum Gasteiger partial charge on any atom is 0.244 e. The van der Waals surface area contributed by atoms with Gasteiger partial charge >= 0.3 is 0 Å². The third-order valence-electron chi connectivity index (χ3n) is 3.86. The minimum Gasteiger partial charge on any atom is -0.301 e. The van der Waals surface area contributed by atoms with Crippen LogP contribution in [0.5, 0.6) is 0 Å². The summed E-state index contributed by atoms with van der Waals surface area (Å²) in [7, 11) is -3.42. The molecule has 1 aromatic carbocycles. The molecule has 1 amide bonds. The fraction of sp³-hybridized carbons (Fsp3) is 0.375. The Bertz CT molecular complexity index is 854. The third kappa shape index (κ3) is 3.97. The highest BCUT2D eigenvalue weighted by molar-refractivity contribution is 7.92. The van der Waals surface area contributed by atoms with Gasteiger partial charge in [0, 0.05) is 17.2 Å². The van der Waals surface area contributed by atoms with Crippen molar-refractivity contribution < 1.29 is 13.2 Å². The van der Waals surface area contributed by atoms with Crippen LogP contribution in [0.3, 0.4) is 0 Å². The van der Waals surface area contributed by atoms with E-state index in [0.29, 0.717) is 5.13 Å². The predicted octanol–water partition coefficient (Wildman–Crippen LogP) is 3.11. The lowest BCUT2D eigenvalue weighted by atomic mass is 9.99. The summed E-state index contributed by atoms with van der Waals surface area (Å²) in [6, 6.07) is 4.18. The van der Waals surface area contributed by atoms with Crippen LogP contribution in [-0.2, 0) is 14.6 Å². The monoisotopic (exact) mass is 352 g/mol. The lowest BCUT2D eigenvalue weighted by Crippen LogP contribution is -2.31. The van der Waals surface area contributed by atoms with Gasteiger partial charge in [-0.3, -0.25) is 4.79 Å². The summed E-state index contributed by atoms with van der Waals surface area (Å²) in [5.74, 6) is -0.565. The molecule has 0 aliphatic rings. The van der Waals surface area contributed by atoms with Crippen molar-refractivity contribution in [3.05, 3.63) is 34.2 Å². The van der Waals surface area contributed by atoms with Crippen LogP contribution in [0.15, 0.2) is 17.5 Å². The number of aryl methyl sites for hydroxylation is 3. The van der Waals surface area contributed by atoms with E-state index in [4.69, 9.17) is 0 Å². The molecule has 2 aromatic rings. The van der Waals surface area contributed by atoms with Gasteiger partial charge in [-0.1, -0.05) is 6.07 Å². The Labute approximate surface area is 140 Å². The van der Waals surface area contributed by atoms with Gasteiger partial charge in [-0.05, 0) is 50.5 Å². The van der Waals surface area contributed by atoms with Crippen molar-refractivity contribution in [3.63, 3.8) is 0 Å². The number of nitrogens with one attached hydrogen (secondary N) is 1. The van der Waals surface area contributed by atoms with Gasteiger partial charge in [0.05, 0.1) is 5.69 Å². The van der Waals surface area contributed by atoms with Crippen LogP contribution in [0, 0.1) is 20.8 Å². The van der Waals surface area contributed by atoms with Crippen LogP contribution in [0.2, 0.25) is 0 Å². The van der Waals surface area contributed by atoms with Gasteiger partial charge < -0.3 is 5.32 Å². The van der Waals surface area contributed by atoms with Gasteiger partial charge in [0.25, 0.3) is 0 Å². The minimum atomic E-state index is -3.42. The van der Waals surface area contributed by atoms with Gasteiger partial charge in [0.2, 0.25) is 5.91 Å². The SMILES string of the molecule is Cc1cc(C)c(-c2csc(NC(=O)[C@@H](C)S(C)(=O)=O)n2)cc1C. The van der Waals surface area contributed by atoms with Crippen LogP contribution in [0.1, 0.15) is 23.6 Å². The summed E-state index contributed by atoms with van der Waals surface area (Å²) in [5.41, 5.74) is 5.30. The molecule has 0 aliphatic carbocycles. The highest BCUT2D eigenvalue weighted by Gasteiger charge is 2.24. The van der Waals surface area contributed by atoms with Crippen LogP contribution in [0.25, 0.3) is 11.3 Å². The second-order valence-electron chi connectivity index (χ2n) is 5.75. The Morgan fingerprint density at radius 2 is 1.78 bits per heavy atom. The first-order chi connectivity index (χ1) is 10.6. The summed E-state index contributed by atoms with van der Waals surface area (Å²) in [5, 5.41) is 3.73. The van der Waals surface area contributed by atoms with Crippen molar-refractivity contribution in [2.24, 2.45) is 0 Å². The number of amides is 1. The molecule has 0 fully saturated rings. The zero-order valence-corrected chi connectivity index (χ0v) is 15.4. The van der Waals surface area contributed by atoms with E-state index in [9.17, 15) is 13.2 Å². The Morgan fingerprint density at radius 3 is 2.39 bits per heavy atom. The Morgan fingerprint density at radius 1 is 1.17 bits per heavy atom. The van der Waals surface area contributed by atoms with E-state index in [0.717, 1.165) is 23.1 Å². The van der Waals surface area contributed by atoms with E-state index in [-0.39, 0.29) is 0 Å². The van der Waals surface area contributed by atoms with Crippen molar-refractivity contribution in [1.82, 2.24) is 4.98 Å². The largest absolute Gasteiger partial charge is 0.301 e. The molecule has 0 radical (unpaired) electrons. The third-order valence-corrected chi connectivity index (χ3v) is 6.12. The fourth-order valence-electron chi connectivity index (χ4n) is 2.09. The number of anilines is 1. The molecule has 1 heterocycles. The Balaban J connectivity index is 2.25. The minimum absolute atomic E-state index is 0.401. The number of carbonyl (C=O) groups is 1. The van der Waals surface area contributed by atoms with Crippen molar-refractivity contribution in [1.29, 1.82) is 0 Å². The van der Waals surface area contributed by atoms with Gasteiger partial charge in [0.1, 0.15) is 5.25 Å². The Hall–Kier alpha value is -1.73. The van der Waals surface area contributed by atoms with E-state index >= 15 is 0 Å². The topological polar surface area (TPSA) is 76.1 Å². The number of hydrogen-bond donors (Lipinski definition) is 1. The molecular weight excluding hydrogens is 332 g/mol. The maximum atomic E-state index is 11.9. The van der Waals surface area contributed by atoms with Gasteiger partial charge in [-0.2, -0.15) is 0 Å². The standard InChI is InChI=1S/C16H20N2O3S2/c1-9-6-11(3)13(7-10(9)2)14-8-22-16(17-14)18-15(19)12(4)23(5,20)21/h6-8,12H,1-5H3,(H,17,18,19)/t12-/m1/s1. The van der Waals surface area contributed by atoms with E-state index in [1.165, 1.54) is 29.4 Å². The molecule has 7 heteroatoms. The molecule has 5 nitrogen and oxygen atoms in total. The van der Waals surface area contributed by atoms with E-state index in [1.807, 2.05) is 19.2 Å². The van der Waals surface area contributed by atoms with Crippen LogP contribution in [-0.4, -0.2) is 30.8 Å². The molecule has 0 bridgehead atoms. The smallest absolute Gasteiger partial charge is 0.244 e. The fourth-order valence-corrected chi connectivity index (χ4v) is 3.25. The van der Waals surface area contributed by atoms with Crippen molar-refractivity contribution in [2.75, 3.05) is 11.6 Å². The first-order valence-electron chi connectivity index (χ1n) is 7.13. The first kappa shape index (κ1) is 17.6. The molecule has 23 heavy (non-hydrogen) atoms. The molecule has 0 saturated heterocycles. The van der Waals surface area contributed by atoms with Crippen molar-refractivity contribution >= 4 is 32.2 Å². The lowest BCUT2D eigenvalue weighted by Gasteiger charge is -2.09. The van der Waals surface area contributed by atoms with Crippen LogP contribution < -0.4 is 5.32 Å². The summed E-state index contributed by atoms with van der Waals surface area (Å²) in [4.78, 5) is 16.4. The van der Waals surface area contributed by atoms with Crippen molar-refractivity contribution in [2.45, 2.75) is 32.9 Å². The molecule has 0 unspecified atom stereocenters. The molecule has 1 atom stereocenters. The summed E-state index contributed by atoms with van der Waals surface area (Å²) < 4.78 is 22.9. The molecule has 2 rings (SSSR count). The lowest BCUT2D eigenvalue weighted by molar-refractivity contribution is -0.115. The van der Waals surface area contributed by atoms with Crippen molar-refractivity contribution in [3.8, 4) is 11.3 Å². The normalized spacial score (nSPS) is 12.9. The number of nitrogens with zero attached hydrogens (tertiary/aromatic N) is 1. The summed E-state index contributed by atoms with van der Waals surface area (Å²) in [6.07, 6.45) is 1.04. The number of rotatable bonds is 4. The summed E-state index contributed by atoms with van der Waals surface area (Å²) >= 11 is 1.28. The highest BCUT2D eigenvalue weighted by atomic mass is 32.2. The quantitative estimate of drug-likeness (QED) is 0.917. The molecule has 0 saturated carbocycles. The number of sulfone groups is 1. The number of aromatic nitrogens is 1. The summed E-state index contributed by atoms with van der Waals surface area (Å²) in [6.45, 7) is 7.49. The molecule has 1 N–H and O–H groups in total. The number of benzene rings is 1. The molecule has 1 aromatic heterocycles. The molecule has 0 aliphatic heterocycles. The van der Waals surface area contributed by atoms with Gasteiger partial charge in [-0.25, -0.2) is 13.4 Å². The highest BCUT2D eigenvalue weighted by Crippen LogP contribution is 2.29. The second kappa shape index (κ2) is 6.41. The number of hydrogen-bond acceptors (Lipinski definition) is 5. The molecule has 0 spiro atoms. The zero-order chi connectivity index (χ0) is 17.4. The number of carbonyl (C=O) groups excluding carboxylic acids is 1. The average molecular weight is 352 g/mol. The van der Waals surface area contributed by atoms with Crippen LogP contribution in [0.4, 0.5) is 5.13 Å². The van der Waals surface area contributed by atoms with E-state index in [2.05, 4.69) is 29.4 Å². The maximum absolute atomic E-state index is 11.9. The van der Waals surface area contributed by atoms with E-state index < -0.39 is 21.0 Å². The van der Waals surface area contributed by atoms with Gasteiger partial charge in [0.15, 0.2) is 15.0 Å². The van der Waals surface area contributed by atoms with E-state index in [1.54, 1.807) is 0 Å². The predicted molar refractivity (Wildman–Crippen MR) is 94.7 cm³/mol. The second-order valence-corrected chi connectivity index (χ2v) is 8.97. The zero-order valence-electron chi connectivity index (χ0n) is 13.8. The van der Waals surface area contributed by atoms with Gasteiger partial charge in [-0.15, -0.1) is 11.3 Å². The van der Waals surface area contributed by atoms with Crippen LogP contribution >= 0.6 is 11.3 Å². The number of thiazole rings is 1. The molecule has 124 valence electrons. The molecular formula is C16H20N2O3S2. The Kier molecular flexibility index (Phi) is 4.91. The average Bonchev–Trinajstić information content (AvgIpc) is 2.89. The first-order valence-corrected chi connectivity index (χ1v) is 9.96.